The van der Waals surface area contributed by atoms with Crippen molar-refractivity contribution in [3.05, 3.63) is 30.6 Å². The molecule has 0 aliphatic heterocycles. The fourth-order valence-electron chi connectivity index (χ4n) is 1.52. The predicted octanol–water partition coefficient (Wildman–Crippen LogP) is 1.12. The Balaban J connectivity index is 2.07. The van der Waals surface area contributed by atoms with Crippen LogP contribution in [0.25, 0.3) is 5.82 Å². The summed E-state index contributed by atoms with van der Waals surface area (Å²) in [6.07, 6.45) is 7.62. The highest BCUT2D eigenvalue weighted by atomic mass is 15.1. The van der Waals surface area contributed by atoms with Gasteiger partial charge in [-0.2, -0.15) is 0 Å². The maximum absolute atomic E-state index is 5.75. The summed E-state index contributed by atoms with van der Waals surface area (Å²) >= 11 is 0. The minimum atomic E-state index is 0.510. The Kier molecular flexibility index (Phi) is 1.71. The summed E-state index contributed by atoms with van der Waals surface area (Å²) in [6, 6.07) is 1.76. The van der Waals surface area contributed by atoms with Gasteiger partial charge in [-0.1, -0.05) is 0 Å². The van der Waals surface area contributed by atoms with Crippen molar-refractivity contribution in [3.8, 4) is 5.82 Å². The van der Waals surface area contributed by atoms with Crippen molar-refractivity contribution in [1.29, 1.82) is 0 Å². The molecule has 15 heavy (non-hydrogen) atoms. The normalized spacial score (nSPS) is 15.5. The molecule has 76 valence electrons. The average molecular weight is 201 g/mol. The van der Waals surface area contributed by atoms with E-state index in [-0.39, 0.29) is 0 Å². The lowest BCUT2D eigenvalue weighted by molar-refractivity contribution is 0.883. The third-order valence-corrected chi connectivity index (χ3v) is 2.46. The number of nitrogen functional groups attached to an aromatic ring is 1. The van der Waals surface area contributed by atoms with Gasteiger partial charge in [-0.25, -0.2) is 15.0 Å². The number of nitrogens with two attached hydrogens (primary N) is 1. The van der Waals surface area contributed by atoms with Crippen molar-refractivity contribution in [3.63, 3.8) is 0 Å². The van der Waals surface area contributed by atoms with Gasteiger partial charge in [0, 0.05) is 24.4 Å². The maximum Gasteiger partial charge on any atom is 0.143 e. The summed E-state index contributed by atoms with van der Waals surface area (Å²) in [5, 5.41) is 0. The van der Waals surface area contributed by atoms with Crippen LogP contribution >= 0.6 is 0 Å². The quantitative estimate of drug-likeness (QED) is 0.790. The number of aromatic nitrogens is 4. The van der Waals surface area contributed by atoms with Crippen LogP contribution in [0.1, 0.15) is 24.6 Å². The Bertz CT molecular complexity index is 473. The first-order valence-electron chi connectivity index (χ1n) is 4.96. The van der Waals surface area contributed by atoms with E-state index in [4.69, 9.17) is 5.73 Å². The number of hydrogen-bond acceptors (Lipinski definition) is 4. The summed E-state index contributed by atoms with van der Waals surface area (Å²) in [5.41, 5.74) is 5.75. The first kappa shape index (κ1) is 8.40. The first-order chi connectivity index (χ1) is 7.33. The molecule has 1 aliphatic rings. The largest absolute Gasteiger partial charge is 0.384 e. The van der Waals surface area contributed by atoms with Crippen LogP contribution in [0.5, 0.6) is 0 Å². The Morgan fingerprint density at radius 2 is 2.20 bits per heavy atom. The van der Waals surface area contributed by atoms with Gasteiger partial charge < -0.3 is 5.73 Å². The second-order valence-electron chi connectivity index (χ2n) is 3.75. The maximum atomic E-state index is 5.75. The summed E-state index contributed by atoms with van der Waals surface area (Å²) in [7, 11) is 0. The monoisotopic (exact) mass is 201 g/mol. The molecule has 0 saturated heterocycles. The summed E-state index contributed by atoms with van der Waals surface area (Å²) in [4.78, 5) is 12.7. The third-order valence-electron chi connectivity index (χ3n) is 2.46. The molecule has 1 aliphatic carbocycles. The highest BCUT2D eigenvalue weighted by Gasteiger charge is 2.27. The molecule has 0 radical (unpaired) electrons. The van der Waals surface area contributed by atoms with Crippen LogP contribution < -0.4 is 5.73 Å². The molecule has 0 unspecified atom stereocenters. The van der Waals surface area contributed by atoms with Crippen molar-refractivity contribution in [2.75, 3.05) is 5.73 Å². The van der Waals surface area contributed by atoms with E-state index >= 15 is 0 Å². The van der Waals surface area contributed by atoms with Gasteiger partial charge in [-0.15, -0.1) is 0 Å². The molecular weight excluding hydrogens is 190 g/mol. The van der Waals surface area contributed by atoms with Crippen molar-refractivity contribution >= 4 is 5.82 Å². The van der Waals surface area contributed by atoms with E-state index in [1.807, 2.05) is 10.8 Å². The van der Waals surface area contributed by atoms with Crippen LogP contribution in [0.3, 0.4) is 0 Å². The lowest BCUT2D eigenvalue weighted by atomic mass is 10.4. The molecule has 0 bridgehead atoms. The molecule has 5 nitrogen and oxygen atoms in total. The fourth-order valence-corrected chi connectivity index (χ4v) is 1.52. The van der Waals surface area contributed by atoms with Crippen molar-refractivity contribution in [2.24, 2.45) is 0 Å². The van der Waals surface area contributed by atoms with Gasteiger partial charge in [0.25, 0.3) is 0 Å². The van der Waals surface area contributed by atoms with Crippen molar-refractivity contribution in [2.45, 2.75) is 18.8 Å². The van der Waals surface area contributed by atoms with Crippen LogP contribution in [0.15, 0.2) is 24.8 Å². The lowest BCUT2D eigenvalue weighted by Crippen LogP contribution is -2.03. The molecule has 1 fully saturated rings. The summed E-state index contributed by atoms with van der Waals surface area (Å²) in [5.74, 6) is 2.69. The van der Waals surface area contributed by atoms with E-state index in [1.165, 1.54) is 12.8 Å². The highest BCUT2D eigenvalue weighted by molar-refractivity contribution is 5.38. The fraction of sp³-hybridized carbons (Fsp3) is 0.300. The zero-order chi connectivity index (χ0) is 10.3. The van der Waals surface area contributed by atoms with E-state index in [1.54, 1.807) is 18.6 Å². The molecule has 0 aromatic carbocycles. The van der Waals surface area contributed by atoms with Crippen molar-refractivity contribution in [1.82, 2.24) is 19.5 Å². The SMILES string of the molecule is Nc1cc(-n2ccnc2)nc(C2CC2)n1. The molecule has 0 spiro atoms. The number of anilines is 1. The van der Waals surface area contributed by atoms with E-state index in [2.05, 4.69) is 15.0 Å². The molecular formula is C10H11N5. The number of imidazole rings is 1. The second-order valence-corrected chi connectivity index (χ2v) is 3.75. The van der Waals surface area contributed by atoms with Crippen molar-refractivity contribution < 1.29 is 0 Å². The topological polar surface area (TPSA) is 69.6 Å². The lowest BCUT2D eigenvalue weighted by Gasteiger charge is -2.04. The van der Waals surface area contributed by atoms with Crippen LogP contribution in [0.4, 0.5) is 5.82 Å². The smallest absolute Gasteiger partial charge is 0.143 e. The van der Waals surface area contributed by atoms with Gasteiger partial charge in [-0.05, 0) is 12.8 Å². The van der Waals surface area contributed by atoms with Gasteiger partial charge in [0.2, 0.25) is 0 Å². The number of nitrogens with zero attached hydrogens (tertiary/aromatic N) is 4. The zero-order valence-corrected chi connectivity index (χ0v) is 8.17. The Morgan fingerprint density at radius 3 is 2.87 bits per heavy atom. The van der Waals surface area contributed by atoms with Crippen LogP contribution in [-0.2, 0) is 0 Å². The molecule has 5 heteroatoms. The first-order valence-corrected chi connectivity index (χ1v) is 4.96. The Morgan fingerprint density at radius 1 is 1.33 bits per heavy atom. The minimum absolute atomic E-state index is 0.510. The van der Waals surface area contributed by atoms with E-state index in [9.17, 15) is 0 Å². The van der Waals surface area contributed by atoms with Crippen LogP contribution in [-0.4, -0.2) is 19.5 Å². The van der Waals surface area contributed by atoms with Gasteiger partial charge >= 0.3 is 0 Å². The molecule has 0 amide bonds. The molecule has 0 atom stereocenters. The summed E-state index contributed by atoms with van der Waals surface area (Å²) in [6.45, 7) is 0. The van der Waals surface area contributed by atoms with E-state index < -0.39 is 0 Å². The predicted molar refractivity (Wildman–Crippen MR) is 55.5 cm³/mol. The third kappa shape index (κ3) is 1.56. The second kappa shape index (κ2) is 3.05. The van der Waals surface area contributed by atoms with Crippen LogP contribution in [0.2, 0.25) is 0 Å². The van der Waals surface area contributed by atoms with Gasteiger partial charge in [0.05, 0.1) is 0 Å². The molecule has 2 heterocycles. The molecule has 3 rings (SSSR count). The molecule has 1 saturated carbocycles. The molecule has 2 aromatic rings. The molecule has 2 N–H and O–H groups in total. The molecule has 2 aromatic heterocycles. The van der Waals surface area contributed by atoms with Crippen LogP contribution in [0, 0.1) is 0 Å². The average Bonchev–Trinajstić information content (AvgIpc) is 2.93. The standard InChI is InChI=1S/C10H11N5/c11-8-5-9(15-4-3-12-6-15)14-10(13-8)7-1-2-7/h3-7H,1-2H2,(H2,11,13,14). The van der Waals surface area contributed by atoms with Gasteiger partial charge in [0.1, 0.15) is 23.8 Å². The number of hydrogen-bond donors (Lipinski definition) is 1. The minimum Gasteiger partial charge on any atom is -0.384 e. The van der Waals surface area contributed by atoms with Gasteiger partial charge in [0.15, 0.2) is 0 Å². The van der Waals surface area contributed by atoms with Gasteiger partial charge in [-0.3, -0.25) is 4.57 Å². The van der Waals surface area contributed by atoms with E-state index in [0.29, 0.717) is 11.7 Å². The summed E-state index contributed by atoms with van der Waals surface area (Å²) < 4.78 is 1.84. The Hall–Kier alpha value is -1.91. The highest BCUT2D eigenvalue weighted by Crippen LogP contribution is 2.38. The van der Waals surface area contributed by atoms with E-state index in [0.717, 1.165) is 11.6 Å². The zero-order valence-electron chi connectivity index (χ0n) is 8.17. The Labute approximate surface area is 87.0 Å². The number of rotatable bonds is 2.